The Kier molecular flexibility index (Phi) is 6.07. The van der Waals surface area contributed by atoms with Crippen molar-refractivity contribution in [3.05, 3.63) is 57.0 Å². The zero-order chi connectivity index (χ0) is 19.6. The standard InChI is InChI=1S/C16H15BrClN3O4S/c1-21(2)16(23)11-5-3-9(7-14(11)18)20-15(22)12-8-10(26(19,24)25)4-6-13(12)17/h3-8H,1-2H3,(H,20,22)(H2,19,24,25). The number of nitrogens with two attached hydrogens (primary N) is 1. The normalized spacial score (nSPS) is 11.1. The minimum absolute atomic E-state index is 0.0843. The van der Waals surface area contributed by atoms with E-state index < -0.39 is 15.9 Å². The molecule has 2 aromatic carbocycles. The highest BCUT2D eigenvalue weighted by molar-refractivity contribution is 9.10. The molecule has 0 unspecified atom stereocenters. The molecule has 10 heteroatoms. The van der Waals surface area contributed by atoms with Crippen LogP contribution >= 0.6 is 27.5 Å². The first-order chi connectivity index (χ1) is 12.0. The van der Waals surface area contributed by atoms with Crippen molar-refractivity contribution in [2.75, 3.05) is 19.4 Å². The number of halogens is 2. The fourth-order valence-corrected chi connectivity index (χ4v) is 3.29. The number of hydrogen-bond donors (Lipinski definition) is 2. The maximum atomic E-state index is 12.5. The van der Waals surface area contributed by atoms with Gasteiger partial charge < -0.3 is 10.2 Å². The van der Waals surface area contributed by atoms with E-state index in [9.17, 15) is 18.0 Å². The van der Waals surface area contributed by atoms with Gasteiger partial charge in [0.1, 0.15) is 0 Å². The third-order valence-electron chi connectivity index (χ3n) is 3.37. The summed E-state index contributed by atoms with van der Waals surface area (Å²) in [5.41, 5.74) is 0.733. The lowest BCUT2D eigenvalue weighted by Gasteiger charge is -2.13. The van der Waals surface area contributed by atoms with Gasteiger partial charge in [-0.25, -0.2) is 13.6 Å². The zero-order valence-electron chi connectivity index (χ0n) is 13.8. The molecule has 0 fully saturated rings. The second-order valence-corrected chi connectivity index (χ2v) is 8.36. The average molecular weight is 461 g/mol. The summed E-state index contributed by atoms with van der Waals surface area (Å²) in [6.07, 6.45) is 0. The molecule has 0 aliphatic rings. The van der Waals surface area contributed by atoms with Gasteiger partial charge in [0, 0.05) is 24.3 Å². The Morgan fingerprint density at radius 2 is 1.77 bits per heavy atom. The molecule has 0 atom stereocenters. The Bertz CT molecular complexity index is 993. The molecule has 0 heterocycles. The number of nitrogens with one attached hydrogen (secondary N) is 1. The van der Waals surface area contributed by atoms with Gasteiger partial charge in [0.2, 0.25) is 10.0 Å². The number of amides is 2. The summed E-state index contributed by atoms with van der Waals surface area (Å²) in [6, 6.07) is 8.33. The van der Waals surface area contributed by atoms with Crippen molar-refractivity contribution in [1.82, 2.24) is 4.90 Å². The largest absolute Gasteiger partial charge is 0.345 e. The summed E-state index contributed by atoms with van der Waals surface area (Å²) in [5, 5.41) is 7.87. The fraction of sp³-hybridized carbons (Fsp3) is 0.125. The molecule has 2 aromatic rings. The highest BCUT2D eigenvalue weighted by Gasteiger charge is 2.17. The summed E-state index contributed by atoms with van der Waals surface area (Å²) in [5.74, 6) is -0.832. The third-order valence-corrected chi connectivity index (χ3v) is 5.29. The van der Waals surface area contributed by atoms with E-state index in [2.05, 4.69) is 21.2 Å². The van der Waals surface area contributed by atoms with E-state index in [1.165, 1.54) is 41.3 Å². The van der Waals surface area contributed by atoms with Gasteiger partial charge in [0.05, 0.1) is 21.0 Å². The maximum Gasteiger partial charge on any atom is 0.256 e. The first kappa shape index (κ1) is 20.4. The van der Waals surface area contributed by atoms with Gasteiger partial charge in [-0.1, -0.05) is 11.6 Å². The number of hydrogen-bond acceptors (Lipinski definition) is 4. The molecule has 3 N–H and O–H groups in total. The van der Waals surface area contributed by atoms with Crippen LogP contribution in [0.15, 0.2) is 45.8 Å². The van der Waals surface area contributed by atoms with Crippen molar-refractivity contribution in [2.24, 2.45) is 5.14 Å². The molecule has 0 aromatic heterocycles. The van der Waals surface area contributed by atoms with Crippen LogP contribution in [0.2, 0.25) is 5.02 Å². The van der Waals surface area contributed by atoms with Crippen molar-refractivity contribution in [1.29, 1.82) is 0 Å². The van der Waals surface area contributed by atoms with Gasteiger partial charge in [-0.3, -0.25) is 9.59 Å². The summed E-state index contributed by atoms with van der Waals surface area (Å²) < 4.78 is 23.3. The number of nitrogens with zero attached hydrogens (tertiary/aromatic N) is 1. The smallest absolute Gasteiger partial charge is 0.256 e. The van der Waals surface area contributed by atoms with E-state index >= 15 is 0 Å². The summed E-state index contributed by atoms with van der Waals surface area (Å²) in [4.78, 5) is 25.6. The lowest BCUT2D eigenvalue weighted by atomic mass is 10.1. The molecule has 0 aliphatic carbocycles. The van der Waals surface area contributed by atoms with Crippen LogP contribution in [0.1, 0.15) is 20.7 Å². The minimum atomic E-state index is -3.94. The van der Waals surface area contributed by atoms with Gasteiger partial charge in [0.25, 0.3) is 11.8 Å². The first-order valence-corrected chi connectivity index (χ1v) is 9.87. The second-order valence-electron chi connectivity index (χ2n) is 5.53. The van der Waals surface area contributed by atoms with Crippen molar-refractivity contribution in [2.45, 2.75) is 4.90 Å². The number of carbonyl (C=O) groups is 2. The number of sulfonamides is 1. The van der Waals surface area contributed by atoms with Crippen LogP contribution in [0.3, 0.4) is 0 Å². The first-order valence-electron chi connectivity index (χ1n) is 7.15. The van der Waals surface area contributed by atoms with Gasteiger partial charge in [-0.05, 0) is 52.3 Å². The fourth-order valence-electron chi connectivity index (χ4n) is 2.06. The average Bonchev–Trinajstić information content (AvgIpc) is 2.53. The summed E-state index contributed by atoms with van der Waals surface area (Å²) >= 11 is 9.31. The molecule has 138 valence electrons. The molecule has 2 rings (SSSR count). The topological polar surface area (TPSA) is 110 Å². The van der Waals surface area contributed by atoms with Gasteiger partial charge in [-0.15, -0.1) is 0 Å². The van der Waals surface area contributed by atoms with E-state index in [0.717, 1.165) is 0 Å². The van der Waals surface area contributed by atoms with Crippen LogP contribution in [-0.4, -0.2) is 39.2 Å². The Hall–Kier alpha value is -1.94. The predicted molar refractivity (Wildman–Crippen MR) is 103 cm³/mol. The van der Waals surface area contributed by atoms with Crippen LogP contribution < -0.4 is 10.5 Å². The summed E-state index contributed by atoms with van der Waals surface area (Å²) in [6.45, 7) is 0. The van der Waals surface area contributed by atoms with Crippen LogP contribution in [0.25, 0.3) is 0 Å². The number of benzene rings is 2. The molecule has 0 spiro atoms. The van der Waals surface area contributed by atoms with Crippen LogP contribution in [0.5, 0.6) is 0 Å². The number of carbonyl (C=O) groups excluding carboxylic acids is 2. The molecular formula is C16H15BrClN3O4S. The Morgan fingerprint density at radius 1 is 1.12 bits per heavy atom. The predicted octanol–water partition coefficient (Wildman–Crippen LogP) is 2.70. The van der Waals surface area contributed by atoms with E-state index in [1.807, 2.05) is 0 Å². The number of anilines is 1. The third kappa shape index (κ3) is 4.61. The second kappa shape index (κ2) is 7.75. The van der Waals surface area contributed by atoms with Gasteiger partial charge in [0.15, 0.2) is 0 Å². The molecule has 26 heavy (non-hydrogen) atoms. The van der Waals surface area contributed by atoms with Crippen molar-refractivity contribution < 1.29 is 18.0 Å². The molecule has 0 saturated carbocycles. The maximum absolute atomic E-state index is 12.5. The molecule has 0 bridgehead atoms. The SMILES string of the molecule is CN(C)C(=O)c1ccc(NC(=O)c2cc(S(N)(=O)=O)ccc2Br)cc1Cl. The van der Waals surface area contributed by atoms with Crippen LogP contribution in [0.4, 0.5) is 5.69 Å². The van der Waals surface area contributed by atoms with Gasteiger partial charge in [-0.2, -0.15) is 0 Å². The Morgan fingerprint density at radius 3 is 2.31 bits per heavy atom. The highest BCUT2D eigenvalue weighted by Crippen LogP contribution is 2.25. The van der Waals surface area contributed by atoms with Crippen molar-refractivity contribution in [3.63, 3.8) is 0 Å². The molecule has 0 radical (unpaired) electrons. The lowest BCUT2D eigenvalue weighted by Crippen LogP contribution is -2.22. The van der Waals surface area contributed by atoms with Crippen LogP contribution in [0, 0.1) is 0 Å². The van der Waals surface area contributed by atoms with Gasteiger partial charge >= 0.3 is 0 Å². The summed E-state index contributed by atoms with van der Waals surface area (Å²) in [7, 11) is -0.739. The molecule has 0 saturated heterocycles. The van der Waals surface area contributed by atoms with E-state index in [-0.39, 0.29) is 21.4 Å². The molecule has 2 amide bonds. The molecule has 7 nitrogen and oxygen atoms in total. The monoisotopic (exact) mass is 459 g/mol. The minimum Gasteiger partial charge on any atom is -0.345 e. The highest BCUT2D eigenvalue weighted by atomic mass is 79.9. The van der Waals surface area contributed by atoms with E-state index in [4.69, 9.17) is 16.7 Å². The quantitative estimate of drug-likeness (QED) is 0.731. The molecule has 0 aliphatic heterocycles. The van der Waals surface area contributed by atoms with E-state index in [1.54, 1.807) is 14.1 Å². The number of primary sulfonamides is 1. The zero-order valence-corrected chi connectivity index (χ0v) is 16.9. The van der Waals surface area contributed by atoms with Crippen molar-refractivity contribution >= 4 is 55.1 Å². The van der Waals surface area contributed by atoms with E-state index in [0.29, 0.717) is 15.7 Å². The lowest BCUT2D eigenvalue weighted by molar-refractivity contribution is 0.0827. The van der Waals surface area contributed by atoms with Crippen molar-refractivity contribution in [3.8, 4) is 0 Å². The Balaban J connectivity index is 2.31. The van der Waals surface area contributed by atoms with Crippen LogP contribution in [-0.2, 0) is 10.0 Å². The molecular weight excluding hydrogens is 446 g/mol. The Labute approximate surface area is 164 Å². The number of rotatable bonds is 4.